The Kier molecular flexibility index (Phi) is 4.83. The van der Waals surface area contributed by atoms with Crippen LogP contribution in [0.5, 0.6) is 0 Å². The number of aryl methyl sites for hydroxylation is 1. The Labute approximate surface area is 93.9 Å². The first kappa shape index (κ1) is 12.3. The van der Waals surface area contributed by atoms with Crippen LogP contribution in [0.1, 0.15) is 44.9 Å². The number of benzene rings is 1. The molecule has 1 N–H and O–H groups in total. The first-order chi connectivity index (χ1) is 7.13. The molecular formula is C14H23N. The highest BCUT2D eigenvalue weighted by atomic mass is 14.9. The summed E-state index contributed by atoms with van der Waals surface area (Å²) in [5.74, 6) is 0.711. The predicted molar refractivity (Wildman–Crippen MR) is 67.1 cm³/mol. The van der Waals surface area contributed by atoms with Gasteiger partial charge in [-0.3, -0.25) is 0 Å². The third kappa shape index (κ3) is 4.05. The van der Waals surface area contributed by atoms with Crippen LogP contribution in [0.15, 0.2) is 24.3 Å². The summed E-state index contributed by atoms with van der Waals surface area (Å²) < 4.78 is 0. The highest BCUT2D eigenvalue weighted by molar-refractivity contribution is 5.24. The van der Waals surface area contributed by atoms with Crippen LogP contribution in [0.4, 0.5) is 0 Å². The number of rotatable bonds is 5. The van der Waals surface area contributed by atoms with E-state index in [2.05, 4.69) is 57.3 Å². The van der Waals surface area contributed by atoms with Crippen molar-refractivity contribution in [3.05, 3.63) is 35.4 Å². The van der Waals surface area contributed by atoms with Crippen LogP contribution in [-0.2, 0) is 6.42 Å². The van der Waals surface area contributed by atoms with Crippen molar-refractivity contribution >= 4 is 0 Å². The van der Waals surface area contributed by atoms with Gasteiger partial charge < -0.3 is 5.32 Å². The van der Waals surface area contributed by atoms with Gasteiger partial charge in [-0.2, -0.15) is 0 Å². The molecule has 1 rings (SSSR count). The van der Waals surface area contributed by atoms with Crippen molar-refractivity contribution in [1.82, 2.24) is 5.32 Å². The number of hydrogen-bond acceptors (Lipinski definition) is 1. The fraction of sp³-hybridized carbons (Fsp3) is 0.571. The molecule has 1 atom stereocenters. The highest BCUT2D eigenvalue weighted by Gasteiger charge is 2.04. The molecule has 0 aliphatic rings. The summed E-state index contributed by atoms with van der Waals surface area (Å²) in [7, 11) is 0. The fourth-order valence-corrected chi connectivity index (χ4v) is 1.57. The van der Waals surface area contributed by atoms with Gasteiger partial charge in [0, 0.05) is 6.04 Å². The van der Waals surface area contributed by atoms with Crippen molar-refractivity contribution in [2.24, 2.45) is 5.92 Å². The smallest absolute Gasteiger partial charge is 0.0291 e. The maximum absolute atomic E-state index is 3.54. The van der Waals surface area contributed by atoms with E-state index in [9.17, 15) is 0 Å². The molecule has 1 nitrogen and oxygen atoms in total. The normalized spacial score (nSPS) is 13.1. The summed E-state index contributed by atoms with van der Waals surface area (Å²) in [4.78, 5) is 0. The summed E-state index contributed by atoms with van der Waals surface area (Å²) in [5.41, 5.74) is 2.79. The van der Waals surface area contributed by atoms with E-state index in [0.29, 0.717) is 12.0 Å². The summed E-state index contributed by atoms with van der Waals surface area (Å²) in [6.07, 6.45) is 1.12. The Morgan fingerprint density at radius 3 is 2.13 bits per heavy atom. The van der Waals surface area contributed by atoms with Gasteiger partial charge in [0.25, 0.3) is 0 Å². The summed E-state index contributed by atoms with van der Waals surface area (Å²) in [6, 6.07) is 9.37. The lowest BCUT2D eigenvalue weighted by Crippen LogP contribution is -2.23. The lowest BCUT2D eigenvalue weighted by Gasteiger charge is -2.16. The summed E-state index contributed by atoms with van der Waals surface area (Å²) in [6.45, 7) is 9.97. The second-order valence-corrected chi connectivity index (χ2v) is 4.62. The minimum absolute atomic E-state index is 0.457. The number of hydrogen-bond donors (Lipinski definition) is 1. The molecular weight excluding hydrogens is 182 g/mol. The minimum Gasteiger partial charge on any atom is -0.310 e. The van der Waals surface area contributed by atoms with Crippen LogP contribution in [-0.4, -0.2) is 6.54 Å². The first-order valence-corrected chi connectivity index (χ1v) is 5.95. The zero-order valence-corrected chi connectivity index (χ0v) is 10.4. The molecule has 15 heavy (non-hydrogen) atoms. The predicted octanol–water partition coefficient (Wildman–Crippen LogP) is 3.56. The molecule has 0 saturated carbocycles. The van der Waals surface area contributed by atoms with Gasteiger partial charge in [-0.05, 0) is 36.9 Å². The monoisotopic (exact) mass is 205 g/mol. The molecule has 0 heterocycles. The molecule has 0 aromatic heterocycles. The van der Waals surface area contributed by atoms with Gasteiger partial charge in [0.2, 0.25) is 0 Å². The van der Waals surface area contributed by atoms with E-state index in [1.165, 1.54) is 11.1 Å². The van der Waals surface area contributed by atoms with E-state index >= 15 is 0 Å². The van der Waals surface area contributed by atoms with Crippen LogP contribution in [0.3, 0.4) is 0 Å². The van der Waals surface area contributed by atoms with Crippen molar-refractivity contribution in [1.29, 1.82) is 0 Å². The van der Waals surface area contributed by atoms with Gasteiger partial charge in [-0.15, -0.1) is 0 Å². The Bertz CT molecular complexity index is 274. The van der Waals surface area contributed by atoms with Crippen LogP contribution in [0.25, 0.3) is 0 Å². The Morgan fingerprint density at radius 1 is 1.07 bits per heavy atom. The molecule has 1 aromatic rings. The minimum atomic E-state index is 0.457. The molecule has 0 spiro atoms. The summed E-state index contributed by atoms with van der Waals surface area (Å²) >= 11 is 0. The van der Waals surface area contributed by atoms with Gasteiger partial charge in [0.05, 0.1) is 0 Å². The molecule has 0 bridgehead atoms. The molecule has 0 aliphatic heterocycles. The molecule has 0 amide bonds. The largest absolute Gasteiger partial charge is 0.310 e. The van der Waals surface area contributed by atoms with Crippen molar-refractivity contribution < 1.29 is 0 Å². The second-order valence-electron chi connectivity index (χ2n) is 4.62. The van der Waals surface area contributed by atoms with Crippen LogP contribution < -0.4 is 5.32 Å². The van der Waals surface area contributed by atoms with Crippen molar-refractivity contribution in [2.45, 2.75) is 40.2 Å². The average molecular weight is 205 g/mol. The molecule has 0 saturated heterocycles. The average Bonchev–Trinajstić information content (AvgIpc) is 2.26. The maximum Gasteiger partial charge on any atom is 0.0291 e. The van der Waals surface area contributed by atoms with E-state index in [1.54, 1.807) is 0 Å². The van der Waals surface area contributed by atoms with Gasteiger partial charge in [-0.25, -0.2) is 0 Å². The highest BCUT2D eigenvalue weighted by Crippen LogP contribution is 2.13. The Balaban J connectivity index is 2.54. The van der Waals surface area contributed by atoms with Crippen LogP contribution >= 0.6 is 0 Å². The first-order valence-electron chi connectivity index (χ1n) is 5.95. The Hall–Kier alpha value is -0.820. The van der Waals surface area contributed by atoms with Gasteiger partial charge in [-0.1, -0.05) is 45.0 Å². The quantitative estimate of drug-likeness (QED) is 0.775. The lowest BCUT2D eigenvalue weighted by molar-refractivity contribution is 0.496. The Morgan fingerprint density at radius 2 is 1.67 bits per heavy atom. The molecule has 84 valence electrons. The molecule has 0 fully saturated rings. The SMILES string of the molecule is CCc1ccc([C@@H](C)NCC(C)C)cc1. The molecule has 0 aliphatic carbocycles. The second kappa shape index (κ2) is 5.92. The van der Waals surface area contributed by atoms with Crippen LogP contribution in [0.2, 0.25) is 0 Å². The van der Waals surface area contributed by atoms with Gasteiger partial charge in [0.1, 0.15) is 0 Å². The van der Waals surface area contributed by atoms with Crippen molar-refractivity contribution in [2.75, 3.05) is 6.54 Å². The van der Waals surface area contributed by atoms with Crippen molar-refractivity contribution in [3.8, 4) is 0 Å². The molecule has 0 radical (unpaired) electrons. The third-order valence-electron chi connectivity index (χ3n) is 2.72. The van der Waals surface area contributed by atoms with E-state index in [1.807, 2.05) is 0 Å². The summed E-state index contributed by atoms with van der Waals surface area (Å²) in [5, 5.41) is 3.54. The van der Waals surface area contributed by atoms with Crippen molar-refractivity contribution in [3.63, 3.8) is 0 Å². The topological polar surface area (TPSA) is 12.0 Å². The molecule has 1 heteroatoms. The van der Waals surface area contributed by atoms with Gasteiger partial charge >= 0.3 is 0 Å². The van der Waals surface area contributed by atoms with E-state index in [0.717, 1.165) is 13.0 Å². The molecule has 1 aromatic carbocycles. The standard InChI is InChI=1S/C14H23N/c1-5-13-6-8-14(9-7-13)12(4)15-10-11(2)3/h6-9,11-12,15H,5,10H2,1-4H3/t12-/m1/s1. The maximum atomic E-state index is 3.54. The number of nitrogens with one attached hydrogen (secondary N) is 1. The molecule has 0 unspecified atom stereocenters. The van der Waals surface area contributed by atoms with E-state index < -0.39 is 0 Å². The van der Waals surface area contributed by atoms with E-state index in [-0.39, 0.29) is 0 Å². The van der Waals surface area contributed by atoms with Gasteiger partial charge in [0.15, 0.2) is 0 Å². The zero-order valence-electron chi connectivity index (χ0n) is 10.4. The van der Waals surface area contributed by atoms with E-state index in [4.69, 9.17) is 0 Å². The lowest BCUT2D eigenvalue weighted by atomic mass is 10.0. The third-order valence-corrected chi connectivity index (χ3v) is 2.72. The zero-order chi connectivity index (χ0) is 11.3. The van der Waals surface area contributed by atoms with Crippen LogP contribution in [0, 0.1) is 5.92 Å². The fourth-order valence-electron chi connectivity index (χ4n) is 1.57.